The van der Waals surface area contributed by atoms with Gasteiger partial charge in [0.05, 0.1) is 0 Å². The van der Waals surface area contributed by atoms with Crippen LogP contribution >= 0.6 is 0 Å². The average molecular weight is 471 g/mol. The van der Waals surface area contributed by atoms with Crippen LogP contribution < -0.4 is 0 Å². The molecule has 0 unspecified atom stereocenters. The van der Waals surface area contributed by atoms with E-state index in [1.165, 1.54) is 0 Å². The first kappa shape index (κ1) is 24.6. The van der Waals surface area contributed by atoms with Crippen LogP contribution in [-0.2, 0) is 33.4 Å². The van der Waals surface area contributed by atoms with Gasteiger partial charge >= 0.3 is 18.2 Å². The van der Waals surface area contributed by atoms with Crippen LogP contribution in [-0.4, -0.2) is 35.6 Å². The van der Waals surface area contributed by atoms with Crippen LogP contribution in [0.3, 0.4) is 0 Å². The molecule has 2 saturated carbocycles. The molecule has 0 radical (unpaired) electrons. The number of hydrogen-bond donors (Lipinski definition) is 0. The topological polar surface area (TPSA) is 104 Å². The van der Waals surface area contributed by atoms with Gasteiger partial charge in [0.2, 0.25) is 5.78 Å². The number of hydrogen-bond acceptors (Lipinski definition) is 7. The molecule has 0 N–H and O–H groups in total. The zero-order valence-electron chi connectivity index (χ0n) is 20.4. The van der Waals surface area contributed by atoms with E-state index in [0.29, 0.717) is 12.8 Å². The van der Waals surface area contributed by atoms with E-state index < -0.39 is 41.3 Å². The largest absolute Gasteiger partial charge is 0.417 e. The van der Waals surface area contributed by atoms with Crippen LogP contribution in [0.25, 0.3) is 0 Å². The molecular weight excluding hydrogens is 436 g/mol. The molecule has 4 aliphatic carbocycles. The Kier molecular flexibility index (Phi) is 6.42. The molecule has 0 aromatic carbocycles. The highest BCUT2D eigenvalue weighted by Gasteiger charge is 2.65. The first-order valence-corrected chi connectivity index (χ1v) is 12.4. The molecule has 7 nitrogen and oxygen atoms in total. The second kappa shape index (κ2) is 8.90. The second-order valence-electron chi connectivity index (χ2n) is 10.7. The third-order valence-electron chi connectivity index (χ3n) is 8.83. The van der Waals surface area contributed by atoms with Crippen LogP contribution in [0.2, 0.25) is 0 Å². The van der Waals surface area contributed by atoms with Gasteiger partial charge in [0.25, 0.3) is 0 Å². The van der Waals surface area contributed by atoms with Crippen LogP contribution in [0, 0.1) is 34.5 Å². The number of fused-ring (bicyclic) bond motifs is 5. The van der Waals surface area contributed by atoms with E-state index in [9.17, 15) is 24.0 Å². The van der Waals surface area contributed by atoms with Gasteiger partial charge in [-0.15, -0.1) is 0 Å². The number of rotatable bonds is 6. The molecule has 0 amide bonds. The maximum absolute atomic E-state index is 13.7. The van der Waals surface area contributed by atoms with Crippen molar-refractivity contribution in [3.05, 3.63) is 23.8 Å². The lowest BCUT2D eigenvalue weighted by Crippen LogP contribution is -2.57. The minimum Gasteiger partial charge on any atom is -0.417 e. The number of carbonyl (C=O) groups excluding carboxylic acids is 5. The van der Waals surface area contributed by atoms with Crippen molar-refractivity contribution in [2.75, 3.05) is 0 Å². The Balaban J connectivity index is 1.66. The number of ether oxygens (including phenoxy) is 2. The standard InChI is InChI=1S/C27H34O7/c1-5-20(30)33-25(34-21(31)6-2)24(32)17-11-10-16-22-18(28)13-15-9-7-8-12-26(15,3)23(22)19(29)14-27(16,17)4/h7,9,13,16-17,22-23,25H,5-6,8,10-12,14H2,1-4H3/t16-,17+,22+,23-,26-,27-/m0/s1. The van der Waals surface area contributed by atoms with Crippen molar-refractivity contribution in [3.8, 4) is 0 Å². The number of Topliss-reactive ketones (excluding diaryl/α,β-unsaturated/α-hetero) is 2. The molecule has 0 heterocycles. The normalized spacial score (nSPS) is 36.3. The average Bonchev–Trinajstić information content (AvgIpc) is 3.14. The Morgan fingerprint density at radius 3 is 2.32 bits per heavy atom. The zero-order chi connectivity index (χ0) is 24.8. The molecule has 34 heavy (non-hydrogen) atoms. The van der Waals surface area contributed by atoms with Crippen LogP contribution in [0.15, 0.2) is 23.8 Å². The Morgan fingerprint density at radius 2 is 1.71 bits per heavy atom. The molecule has 0 aromatic heterocycles. The fourth-order valence-corrected chi connectivity index (χ4v) is 7.04. The summed E-state index contributed by atoms with van der Waals surface area (Å²) in [4.78, 5) is 64.5. The number of esters is 2. The summed E-state index contributed by atoms with van der Waals surface area (Å²) in [5.41, 5.74) is -0.193. The predicted molar refractivity (Wildman–Crippen MR) is 122 cm³/mol. The van der Waals surface area contributed by atoms with Gasteiger partial charge in [-0.3, -0.25) is 24.0 Å². The van der Waals surface area contributed by atoms with Gasteiger partial charge < -0.3 is 9.47 Å². The van der Waals surface area contributed by atoms with Gasteiger partial charge in [-0.1, -0.05) is 39.8 Å². The quantitative estimate of drug-likeness (QED) is 0.428. The third kappa shape index (κ3) is 3.77. The number of carbonyl (C=O) groups is 5. The summed E-state index contributed by atoms with van der Waals surface area (Å²) in [6, 6.07) is 0. The van der Waals surface area contributed by atoms with Gasteiger partial charge in [0.1, 0.15) is 5.78 Å². The molecule has 7 heteroatoms. The Labute approximate surface area is 200 Å². The summed E-state index contributed by atoms with van der Waals surface area (Å²) in [6.45, 7) is 7.18. The van der Waals surface area contributed by atoms with Crippen molar-refractivity contribution in [1.82, 2.24) is 0 Å². The molecule has 4 aliphatic rings. The van der Waals surface area contributed by atoms with Gasteiger partial charge in [-0.2, -0.15) is 0 Å². The number of ketones is 3. The summed E-state index contributed by atoms with van der Waals surface area (Å²) in [7, 11) is 0. The molecule has 0 aliphatic heterocycles. The van der Waals surface area contributed by atoms with Gasteiger partial charge in [-0.25, -0.2) is 0 Å². The van der Waals surface area contributed by atoms with E-state index >= 15 is 0 Å². The highest BCUT2D eigenvalue weighted by molar-refractivity contribution is 6.02. The monoisotopic (exact) mass is 470 g/mol. The number of allylic oxidation sites excluding steroid dienone is 4. The van der Waals surface area contributed by atoms with Crippen molar-refractivity contribution in [2.45, 2.75) is 78.9 Å². The summed E-state index contributed by atoms with van der Waals surface area (Å²) >= 11 is 0. The van der Waals surface area contributed by atoms with Crippen molar-refractivity contribution < 1.29 is 33.4 Å². The first-order valence-electron chi connectivity index (χ1n) is 12.4. The zero-order valence-corrected chi connectivity index (χ0v) is 20.4. The molecular formula is C27H34O7. The molecule has 0 saturated heterocycles. The fraction of sp³-hybridized carbons (Fsp3) is 0.667. The Hall–Kier alpha value is -2.57. The summed E-state index contributed by atoms with van der Waals surface area (Å²) in [5, 5.41) is 0. The van der Waals surface area contributed by atoms with Crippen molar-refractivity contribution in [1.29, 1.82) is 0 Å². The molecule has 2 fully saturated rings. The second-order valence-corrected chi connectivity index (χ2v) is 10.7. The molecule has 6 atom stereocenters. The summed E-state index contributed by atoms with van der Waals surface area (Å²) in [6.07, 6.45) is 7.16. The highest BCUT2D eigenvalue weighted by atomic mass is 16.7. The lowest BCUT2D eigenvalue weighted by Gasteiger charge is -2.54. The van der Waals surface area contributed by atoms with Crippen LogP contribution in [0.4, 0.5) is 0 Å². The summed E-state index contributed by atoms with van der Waals surface area (Å²) in [5.74, 6) is -3.41. The van der Waals surface area contributed by atoms with Crippen LogP contribution in [0.1, 0.15) is 72.6 Å². The molecule has 184 valence electrons. The molecule has 0 aromatic rings. The van der Waals surface area contributed by atoms with E-state index in [-0.39, 0.29) is 48.1 Å². The van der Waals surface area contributed by atoms with Gasteiger partial charge in [-0.05, 0) is 48.7 Å². The SMILES string of the molecule is CCC(=O)OC(OC(=O)CC)C(=O)[C@H]1CC[C@H]2[C@@H]3C(=O)C=C4C=CCC[C@]4(C)[C@H]3C(=O)C[C@]12C. The van der Waals surface area contributed by atoms with Crippen LogP contribution in [0.5, 0.6) is 0 Å². The van der Waals surface area contributed by atoms with E-state index in [1.54, 1.807) is 19.9 Å². The van der Waals surface area contributed by atoms with Gasteiger partial charge in [0, 0.05) is 42.4 Å². The van der Waals surface area contributed by atoms with E-state index in [0.717, 1.165) is 18.4 Å². The maximum Gasteiger partial charge on any atom is 0.308 e. The first-order chi connectivity index (χ1) is 16.1. The van der Waals surface area contributed by atoms with E-state index in [1.807, 2.05) is 13.0 Å². The summed E-state index contributed by atoms with van der Waals surface area (Å²) < 4.78 is 10.4. The smallest absolute Gasteiger partial charge is 0.308 e. The van der Waals surface area contributed by atoms with E-state index in [2.05, 4.69) is 13.0 Å². The Bertz CT molecular complexity index is 973. The lowest BCUT2D eigenvalue weighted by atomic mass is 9.47. The maximum atomic E-state index is 13.7. The lowest BCUT2D eigenvalue weighted by molar-refractivity contribution is -0.195. The Morgan fingerprint density at radius 1 is 1.06 bits per heavy atom. The fourth-order valence-electron chi connectivity index (χ4n) is 7.04. The minimum absolute atomic E-state index is 0.0212. The third-order valence-corrected chi connectivity index (χ3v) is 8.83. The highest BCUT2D eigenvalue weighted by Crippen LogP contribution is 2.64. The van der Waals surface area contributed by atoms with E-state index in [4.69, 9.17) is 9.47 Å². The van der Waals surface area contributed by atoms with Crippen molar-refractivity contribution in [2.24, 2.45) is 34.5 Å². The van der Waals surface area contributed by atoms with Gasteiger partial charge in [0.15, 0.2) is 5.78 Å². The molecule has 0 bridgehead atoms. The van der Waals surface area contributed by atoms with Crippen molar-refractivity contribution >= 4 is 29.3 Å². The molecule has 4 rings (SSSR count). The molecule has 0 spiro atoms. The minimum atomic E-state index is -1.62. The predicted octanol–water partition coefficient (Wildman–Crippen LogP) is 3.89. The van der Waals surface area contributed by atoms with Crippen molar-refractivity contribution in [3.63, 3.8) is 0 Å².